The minimum Gasteiger partial charge on any atom is -0.382 e. The summed E-state index contributed by atoms with van der Waals surface area (Å²) in [7, 11) is 0. The molecule has 1 saturated carbocycles. The summed E-state index contributed by atoms with van der Waals surface area (Å²) in [6.07, 6.45) is 4.22. The lowest BCUT2D eigenvalue weighted by molar-refractivity contribution is 0.100. The Labute approximate surface area is 112 Å². The zero-order valence-corrected chi connectivity index (χ0v) is 10.9. The summed E-state index contributed by atoms with van der Waals surface area (Å²) in [6.45, 7) is 0. The van der Waals surface area contributed by atoms with Crippen molar-refractivity contribution in [3.8, 4) is 0 Å². The zero-order chi connectivity index (χ0) is 13.1. The number of amides is 1. The third-order valence-corrected chi connectivity index (χ3v) is 3.69. The number of carbonyl (C=O) groups is 1. The van der Waals surface area contributed by atoms with Crippen LogP contribution in [0.3, 0.4) is 0 Å². The minimum absolute atomic E-state index is 0.337. The summed E-state index contributed by atoms with van der Waals surface area (Å²) in [5.41, 5.74) is 12.4. The van der Waals surface area contributed by atoms with Crippen LogP contribution in [0, 0.1) is 0 Å². The van der Waals surface area contributed by atoms with Crippen LogP contribution in [0.15, 0.2) is 18.2 Å². The smallest absolute Gasteiger partial charge is 0.250 e. The van der Waals surface area contributed by atoms with Crippen LogP contribution >= 0.6 is 11.6 Å². The van der Waals surface area contributed by atoms with Crippen LogP contribution in [-0.2, 0) is 0 Å². The quantitative estimate of drug-likeness (QED) is 0.785. The molecule has 5 heteroatoms. The molecule has 1 aliphatic rings. The fourth-order valence-electron chi connectivity index (χ4n) is 2.30. The highest BCUT2D eigenvalue weighted by molar-refractivity contribution is 6.34. The zero-order valence-electron chi connectivity index (χ0n) is 10.2. The number of anilines is 1. The molecule has 1 amide bonds. The normalized spacial score (nSPS) is 23.7. The summed E-state index contributed by atoms with van der Waals surface area (Å²) in [6, 6.07) is 6.00. The Morgan fingerprint density at radius 2 is 1.94 bits per heavy atom. The number of rotatable bonds is 3. The average Bonchev–Trinajstić information content (AvgIpc) is 2.32. The van der Waals surface area contributed by atoms with Gasteiger partial charge in [0.1, 0.15) is 0 Å². The number of halogens is 1. The van der Waals surface area contributed by atoms with Crippen LogP contribution in [0.5, 0.6) is 0 Å². The van der Waals surface area contributed by atoms with Crippen LogP contribution in [0.4, 0.5) is 5.69 Å². The van der Waals surface area contributed by atoms with Crippen molar-refractivity contribution in [1.82, 2.24) is 0 Å². The van der Waals surface area contributed by atoms with Gasteiger partial charge in [0.25, 0.3) is 0 Å². The van der Waals surface area contributed by atoms with Crippen LogP contribution in [0.25, 0.3) is 0 Å². The molecule has 98 valence electrons. The van der Waals surface area contributed by atoms with Crippen molar-refractivity contribution < 1.29 is 4.79 Å². The second-order valence-corrected chi connectivity index (χ2v) is 5.22. The molecule has 18 heavy (non-hydrogen) atoms. The first-order valence-electron chi connectivity index (χ1n) is 6.17. The minimum atomic E-state index is -0.504. The van der Waals surface area contributed by atoms with Crippen LogP contribution in [-0.4, -0.2) is 18.0 Å². The van der Waals surface area contributed by atoms with Crippen molar-refractivity contribution in [3.05, 3.63) is 28.8 Å². The maximum atomic E-state index is 11.1. The SMILES string of the molecule is NC(=O)c1ccc(NC2CCC(N)CC2)cc1Cl. The van der Waals surface area contributed by atoms with Gasteiger partial charge < -0.3 is 16.8 Å². The number of nitrogens with two attached hydrogens (primary N) is 2. The summed E-state index contributed by atoms with van der Waals surface area (Å²) in [4.78, 5) is 11.1. The summed E-state index contributed by atoms with van der Waals surface area (Å²) < 4.78 is 0. The Morgan fingerprint density at radius 1 is 1.28 bits per heavy atom. The Morgan fingerprint density at radius 3 is 2.50 bits per heavy atom. The molecule has 1 aromatic carbocycles. The Bertz CT molecular complexity index is 442. The molecule has 0 saturated heterocycles. The van der Waals surface area contributed by atoms with E-state index in [1.165, 1.54) is 0 Å². The van der Waals surface area contributed by atoms with E-state index in [4.69, 9.17) is 23.1 Å². The molecule has 0 spiro atoms. The third kappa shape index (κ3) is 3.15. The van der Waals surface area contributed by atoms with Crippen molar-refractivity contribution >= 4 is 23.2 Å². The van der Waals surface area contributed by atoms with E-state index in [1.807, 2.05) is 6.07 Å². The van der Waals surface area contributed by atoms with E-state index >= 15 is 0 Å². The van der Waals surface area contributed by atoms with Crippen LogP contribution < -0.4 is 16.8 Å². The topological polar surface area (TPSA) is 81.1 Å². The number of benzene rings is 1. The Balaban J connectivity index is 2.02. The van der Waals surface area contributed by atoms with E-state index in [0.29, 0.717) is 22.7 Å². The fraction of sp³-hybridized carbons (Fsp3) is 0.462. The van der Waals surface area contributed by atoms with Gasteiger partial charge in [-0.25, -0.2) is 0 Å². The summed E-state index contributed by atoms with van der Waals surface area (Å²) >= 11 is 6.00. The molecule has 0 heterocycles. The molecule has 0 atom stereocenters. The summed E-state index contributed by atoms with van der Waals surface area (Å²) in [5.74, 6) is -0.504. The highest BCUT2D eigenvalue weighted by atomic mass is 35.5. The number of nitrogens with one attached hydrogen (secondary N) is 1. The molecular weight excluding hydrogens is 250 g/mol. The van der Waals surface area contributed by atoms with E-state index in [2.05, 4.69) is 5.32 Å². The van der Waals surface area contributed by atoms with Gasteiger partial charge in [-0.05, 0) is 43.9 Å². The van der Waals surface area contributed by atoms with E-state index in [-0.39, 0.29) is 0 Å². The first-order chi connectivity index (χ1) is 8.56. The molecule has 1 fully saturated rings. The second-order valence-electron chi connectivity index (χ2n) is 4.81. The average molecular weight is 268 g/mol. The van der Waals surface area contributed by atoms with Gasteiger partial charge in [0.05, 0.1) is 10.6 Å². The van der Waals surface area contributed by atoms with E-state index in [0.717, 1.165) is 31.4 Å². The lowest BCUT2D eigenvalue weighted by Gasteiger charge is -2.27. The number of carbonyl (C=O) groups excluding carboxylic acids is 1. The second kappa shape index (κ2) is 5.59. The number of hydrogen-bond donors (Lipinski definition) is 3. The van der Waals surface area contributed by atoms with Gasteiger partial charge in [-0.15, -0.1) is 0 Å². The first-order valence-corrected chi connectivity index (χ1v) is 6.55. The van der Waals surface area contributed by atoms with Crippen molar-refractivity contribution in [2.45, 2.75) is 37.8 Å². The Kier molecular flexibility index (Phi) is 4.09. The Hall–Kier alpha value is -1.26. The maximum absolute atomic E-state index is 11.1. The molecule has 5 N–H and O–H groups in total. The number of hydrogen-bond acceptors (Lipinski definition) is 3. The van der Waals surface area contributed by atoms with Crippen LogP contribution in [0.2, 0.25) is 5.02 Å². The van der Waals surface area contributed by atoms with Gasteiger partial charge in [0.15, 0.2) is 0 Å². The van der Waals surface area contributed by atoms with Crippen molar-refractivity contribution in [1.29, 1.82) is 0 Å². The van der Waals surface area contributed by atoms with Gasteiger partial charge in [0.2, 0.25) is 5.91 Å². The van der Waals surface area contributed by atoms with Gasteiger partial charge in [0, 0.05) is 17.8 Å². The largest absolute Gasteiger partial charge is 0.382 e. The van der Waals surface area contributed by atoms with Gasteiger partial charge in [-0.2, -0.15) is 0 Å². The molecule has 1 aliphatic carbocycles. The highest BCUT2D eigenvalue weighted by Crippen LogP contribution is 2.24. The molecule has 4 nitrogen and oxygen atoms in total. The maximum Gasteiger partial charge on any atom is 0.250 e. The molecule has 0 aliphatic heterocycles. The van der Waals surface area contributed by atoms with Gasteiger partial charge >= 0.3 is 0 Å². The fourth-order valence-corrected chi connectivity index (χ4v) is 2.58. The van der Waals surface area contributed by atoms with E-state index in [1.54, 1.807) is 12.1 Å². The van der Waals surface area contributed by atoms with Gasteiger partial charge in [-0.1, -0.05) is 11.6 Å². The number of primary amides is 1. The predicted octanol–water partition coefficient (Wildman–Crippen LogP) is 2.12. The lowest BCUT2D eigenvalue weighted by Crippen LogP contribution is -2.32. The standard InChI is InChI=1S/C13H18ClN3O/c14-12-7-10(5-6-11(12)13(16)18)17-9-3-1-8(15)2-4-9/h5-9,17H,1-4,15H2,(H2,16,18). The van der Waals surface area contributed by atoms with Gasteiger partial charge in [-0.3, -0.25) is 4.79 Å². The molecule has 0 bridgehead atoms. The predicted molar refractivity (Wildman–Crippen MR) is 73.8 cm³/mol. The first kappa shape index (κ1) is 13.2. The summed E-state index contributed by atoms with van der Waals surface area (Å²) in [5, 5.41) is 3.81. The van der Waals surface area contributed by atoms with Crippen molar-refractivity contribution in [2.75, 3.05) is 5.32 Å². The van der Waals surface area contributed by atoms with Crippen LogP contribution in [0.1, 0.15) is 36.0 Å². The molecule has 1 aromatic rings. The highest BCUT2D eigenvalue weighted by Gasteiger charge is 2.18. The van der Waals surface area contributed by atoms with E-state index < -0.39 is 5.91 Å². The monoisotopic (exact) mass is 267 g/mol. The molecule has 0 radical (unpaired) electrons. The third-order valence-electron chi connectivity index (χ3n) is 3.38. The molecular formula is C13H18ClN3O. The molecule has 0 aromatic heterocycles. The van der Waals surface area contributed by atoms with Crippen molar-refractivity contribution in [2.24, 2.45) is 11.5 Å². The molecule has 0 unspecified atom stereocenters. The lowest BCUT2D eigenvalue weighted by atomic mass is 9.91. The van der Waals surface area contributed by atoms with E-state index in [9.17, 15) is 4.79 Å². The van der Waals surface area contributed by atoms with Crippen molar-refractivity contribution in [3.63, 3.8) is 0 Å². The molecule has 2 rings (SSSR count).